The third-order valence-electron chi connectivity index (χ3n) is 2.96. The fourth-order valence-corrected chi connectivity index (χ4v) is 2.11. The second-order valence-electron chi connectivity index (χ2n) is 4.08. The Kier molecular flexibility index (Phi) is 3.03. The molecule has 1 fully saturated rings. The SMILES string of the molecule is CNC(=O)c1cc(=O)[nH]c(C2CCCC2)n1. The van der Waals surface area contributed by atoms with Gasteiger partial charge in [0.1, 0.15) is 11.5 Å². The van der Waals surface area contributed by atoms with Crippen molar-refractivity contribution in [1.29, 1.82) is 0 Å². The predicted molar refractivity (Wildman–Crippen MR) is 59.5 cm³/mol. The van der Waals surface area contributed by atoms with E-state index in [1.165, 1.54) is 26.0 Å². The van der Waals surface area contributed by atoms with Crippen LogP contribution in [0.2, 0.25) is 0 Å². The Morgan fingerprint density at radius 3 is 2.81 bits per heavy atom. The van der Waals surface area contributed by atoms with Gasteiger partial charge in [0.25, 0.3) is 11.5 Å². The zero-order chi connectivity index (χ0) is 11.5. The summed E-state index contributed by atoms with van der Waals surface area (Å²) in [6, 6.07) is 1.23. The first-order chi connectivity index (χ1) is 7.70. The molecule has 1 aliphatic rings. The van der Waals surface area contributed by atoms with Gasteiger partial charge < -0.3 is 10.3 Å². The Hall–Kier alpha value is -1.65. The second kappa shape index (κ2) is 4.47. The minimum absolute atomic E-state index is 0.202. The number of hydrogen-bond donors (Lipinski definition) is 2. The highest BCUT2D eigenvalue weighted by Crippen LogP contribution is 2.31. The monoisotopic (exact) mass is 221 g/mol. The molecule has 5 heteroatoms. The number of H-pyrrole nitrogens is 1. The van der Waals surface area contributed by atoms with Crippen molar-refractivity contribution in [1.82, 2.24) is 15.3 Å². The highest BCUT2D eigenvalue weighted by Gasteiger charge is 2.20. The smallest absolute Gasteiger partial charge is 0.269 e. The Morgan fingerprint density at radius 2 is 2.19 bits per heavy atom. The van der Waals surface area contributed by atoms with E-state index in [9.17, 15) is 9.59 Å². The van der Waals surface area contributed by atoms with E-state index in [0.717, 1.165) is 12.8 Å². The van der Waals surface area contributed by atoms with Gasteiger partial charge in [-0.1, -0.05) is 12.8 Å². The largest absolute Gasteiger partial charge is 0.354 e. The van der Waals surface area contributed by atoms with Gasteiger partial charge in [-0.05, 0) is 12.8 Å². The average molecular weight is 221 g/mol. The molecule has 0 aromatic carbocycles. The lowest BCUT2D eigenvalue weighted by Crippen LogP contribution is -2.24. The third-order valence-corrected chi connectivity index (χ3v) is 2.96. The molecule has 1 saturated carbocycles. The topological polar surface area (TPSA) is 74.8 Å². The summed E-state index contributed by atoms with van der Waals surface area (Å²) >= 11 is 0. The molecule has 1 amide bonds. The molecule has 16 heavy (non-hydrogen) atoms. The summed E-state index contributed by atoms with van der Waals surface area (Å²) in [4.78, 5) is 29.8. The minimum atomic E-state index is -0.314. The minimum Gasteiger partial charge on any atom is -0.354 e. The van der Waals surface area contributed by atoms with Gasteiger partial charge in [-0.3, -0.25) is 9.59 Å². The highest BCUT2D eigenvalue weighted by molar-refractivity contribution is 5.91. The van der Waals surface area contributed by atoms with Gasteiger partial charge in [0, 0.05) is 19.0 Å². The number of aromatic nitrogens is 2. The zero-order valence-electron chi connectivity index (χ0n) is 9.25. The molecular weight excluding hydrogens is 206 g/mol. The number of nitrogens with one attached hydrogen (secondary N) is 2. The van der Waals surface area contributed by atoms with Crippen molar-refractivity contribution < 1.29 is 4.79 Å². The maximum absolute atomic E-state index is 11.4. The van der Waals surface area contributed by atoms with E-state index in [1.807, 2.05) is 0 Å². The number of nitrogens with zero attached hydrogens (tertiary/aromatic N) is 1. The first-order valence-electron chi connectivity index (χ1n) is 5.54. The molecule has 0 saturated heterocycles. The van der Waals surface area contributed by atoms with Gasteiger partial charge >= 0.3 is 0 Å². The summed E-state index contributed by atoms with van der Waals surface area (Å²) in [5.41, 5.74) is -0.0522. The third kappa shape index (κ3) is 2.13. The molecule has 0 radical (unpaired) electrons. The van der Waals surface area contributed by atoms with Gasteiger partial charge in [0.15, 0.2) is 0 Å². The lowest BCUT2D eigenvalue weighted by molar-refractivity contribution is 0.0957. The van der Waals surface area contributed by atoms with Crippen LogP contribution >= 0.6 is 0 Å². The molecule has 0 unspecified atom stereocenters. The Bertz CT molecular complexity index is 447. The number of carbonyl (C=O) groups excluding carboxylic acids is 1. The summed E-state index contributed by atoms with van der Waals surface area (Å²) in [6.45, 7) is 0. The Labute approximate surface area is 93.3 Å². The normalized spacial score (nSPS) is 16.3. The van der Waals surface area contributed by atoms with E-state index in [0.29, 0.717) is 11.7 Å². The molecule has 86 valence electrons. The van der Waals surface area contributed by atoms with E-state index < -0.39 is 0 Å². The number of rotatable bonds is 2. The molecule has 5 nitrogen and oxygen atoms in total. The van der Waals surface area contributed by atoms with Gasteiger partial charge in [0.05, 0.1) is 0 Å². The molecule has 1 aromatic rings. The molecule has 0 bridgehead atoms. The van der Waals surface area contributed by atoms with Gasteiger partial charge in [-0.15, -0.1) is 0 Å². The molecule has 0 atom stereocenters. The summed E-state index contributed by atoms with van der Waals surface area (Å²) in [7, 11) is 1.53. The van der Waals surface area contributed by atoms with Crippen LogP contribution < -0.4 is 10.9 Å². The summed E-state index contributed by atoms with van der Waals surface area (Å²) in [5.74, 6) is 0.645. The van der Waals surface area contributed by atoms with E-state index in [2.05, 4.69) is 15.3 Å². The summed E-state index contributed by atoms with van der Waals surface area (Å²) in [5, 5.41) is 2.47. The van der Waals surface area contributed by atoms with Crippen LogP contribution in [0.5, 0.6) is 0 Å². The standard InChI is InChI=1S/C11H15N3O2/c1-12-11(16)8-6-9(15)14-10(13-8)7-4-2-3-5-7/h6-7H,2-5H2,1H3,(H,12,16)(H,13,14,15). The molecule has 2 N–H and O–H groups in total. The predicted octanol–water partition coefficient (Wildman–Crippen LogP) is 0.787. The number of aromatic amines is 1. The van der Waals surface area contributed by atoms with Crippen LogP contribution in [-0.2, 0) is 0 Å². The van der Waals surface area contributed by atoms with Crippen LogP contribution in [0.3, 0.4) is 0 Å². The first-order valence-corrected chi connectivity index (χ1v) is 5.54. The maximum Gasteiger partial charge on any atom is 0.269 e. The lowest BCUT2D eigenvalue weighted by Gasteiger charge is -2.08. The lowest BCUT2D eigenvalue weighted by atomic mass is 10.1. The molecule has 1 heterocycles. The fourth-order valence-electron chi connectivity index (χ4n) is 2.11. The van der Waals surface area contributed by atoms with E-state index in [-0.39, 0.29) is 17.2 Å². The molecule has 0 aliphatic heterocycles. The zero-order valence-corrected chi connectivity index (χ0v) is 9.25. The molecule has 2 rings (SSSR count). The number of amides is 1. The Balaban J connectivity index is 2.35. The quantitative estimate of drug-likeness (QED) is 0.775. The Morgan fingerprint density at radius 1 is 1.50 bits per heavy atom. The highest BCUT2D eigenvalue weighted by atomic mass is 16.2. The average Bonchev–Trinajstić information content (AvgIpc) is 2.80. The van der Waals surface area contributed by atoms with Gasteiger partial charge in [-0.25, -0.2) is 4.98 Å². The maximum atomic E-state index is 11.4. The molecule has 0 spiro atoms. The molecule has 1 aliphatic carbocycles. The summed E-state index contributed by atoms with van der Waals surface area (Å²) in [6.07, 6.45) is 4.41. The molecular formula is C11H15N3O2. The van der Waals surface area contributed by atoms with Crippen LogP contribution in [-0.4, -0.2) is 22.9 Å². The van der Waals surface area contributed by atoms with E-state index in [4.69, 9.17) is 0 Å². The van der Waals surface area contributed by atoms with Crippen molar-refractivity contribution in [2.75, 3.05) is 7.05 Å². The van der Waals surface area contributed by atoms with Crippen molar-refractivity contribution in [3.63, 3.8) is 0 Å². The summed E-state index contributed by atoms with van der Waals surface area (Å²) < 4.78 is 0. The van der Waals surface area contributed by atoms with Crippen LogP contribution in [0.25, 0.3) is 0 Å². The van der Waals surface area contributed by atoms with E-state index >= 15 is 0 Å². The van der Waals surface area contributed by atoms with Crippen LogP contribution in [0.1, 0.15) is 47.9 Å². The van der Waals surface area contributed by atoms with E-state index in [1.54, 1.807) is 0 Å². The van der Waals surface area contributed by atoms with Crippen molar-refractivity contribution in [2.24, 2.45) is 0 Å². The van der Waals surface area contributed by atoms with Crippen molar-refractivity contribution in [3.05, 3.63) is 27.9 Å². The van der Waals surface area contributed by atoms with Crippen LogP contribution in [0.15, 0.2) is 10.9 Å². The number of carbonyl (C=O) groups is 1. The van der Waals surface area contributed by atoms with Gasteiger partial charge in [-0.2, -0.15) is 0 Å². The first kappa shape index (κ1) is 10.9. The van der Waals surface area contributed by atoms with Crippen molar-refractivity contribution in [3.8, 4) is 0 Å². The second-order valence-corrected chi connectivity index (χ2v) is 4.08. The van der Waals surface area contributed by atoms with Crippen molar-refractivity contribution in [2.45, 2.75) is 31.6 Å². The number of hydrogen-bond acceptors (Lipinski definition) is 3. The molecule has 1 aromatic heterocycles. The van der Waals surface area contributed by atoms with Crippen molar-refractivity contribution >= 4 is 5.91 Å². The van der Waals surface area contributed by atoms with Crippen LogP contribution in [0.4, 0.5) is 0 Å². The van der Waals surface area contributed by atoms with Crippen LogP contribution in [0, 0.1) is 0 Å². The fraction of sp³-hybridized carbons (Fsp3) is 0.545. The van der Waals surface area contributed by atoms with Gasteiger partial charge in [0.2, 0.25) is 0 Å².